The number of rotatable bonds is 3. The van der Waals surface area contributed by atoms with E-state index >= 15 is 0 Å². The normalized spacial score (nSPS) is 10.1. The standard InChI is InChI=1S/C12H8FIN2O2/c13-8-4-1-5-9(10(8)14)16-11-7(12(17)18)3-2-6-15-11/h1-6H,(H,15,16)(H,17,18). The van der Waals surface area contributed by atoms with Crippen LogP contribution >= 0.6 is 22.6 Å². The van der Waals surface area contributed by atoms with Gasteiger partial charge in [0.05, 0.1) is 9.26 Å². The lowest BCUT2D eigenvalue weighted by Gasteiger charge is -2.10. The molecule has 0 bridgehead atoms. The molecule has 0 fully saturated rings. The Morgan fingerprint density at radius 2 is 2.11 bits per heavy atom. The lowest BCUT2D eigenvalue weighted by molar-refractivity contribution is 0.0697. The maximum atomic E-state index is 13.4. The molecule has 2 N–H and O–H groups in total. The van der Waals surface area contributed by atoms with Gasteiger partial charge in [-0.3, -0.25) is 0 Å². The molecule has 2 aromatic rings. The second-order valence-corrected chi connectivity index (χ2v) is 4.51. The number of aromatic carboxylic acids is 1. The molecule has 1 heterocycles. The van der Waals surface area contributed by atoms with Gasteiger partial charge in [-0.25, -0.2) is 14.2 Å². The average molecular weight is 358 g/mol. The van der Waals surface area contributed by atoms with Crippen LogP contribution < -0.4 is 5.32 Å². The number of carboxylic acids is 1. The molecule has 0 aliphatic carbocycles. The number of benzene rings is 1. The molecular formula is C12H8FIN2O2. The van der Waals surface area contributed by atoms with Crippen LogP contribution in [0.5, 0.6) is 0 Å². The Hall–Kier alpha value is -1.70. The maximum absolute atomic E-state index is 13.4. The number of anilines is 2. The highest BCUT2D eigenvalue weighted by molar-refractivity contribution is 14.1. The molecule has 18 heavy (non-hydrogen) atoms. The molecule has 6 heteroatoms. The van der Waals surface area contributed by atoms with E-state index in [1.165, 1.54) is 24.4 Å². The molecule has 0 amide bonds. The molecule has 1 aromatic carbocycles. The van der Waals surface area contributed by atoms with Crippen molar-refractivity contribution in [2.24, 2.45) is 0 Å². The minimum absolute atomic E-state index is 0.0394. The van der Waals surface area contributed by atoms with E-state index in [4.69, 9.17) is 5.11 Å². The zero-order valence-electron chi connectivity index (χ0n) is 9.02. The SMILES string of the molecule is O=C(O)c1cccnc1Nc1cccc(F)c1I. The lowest BCUT2D eigenvalue weighted by atomic mass is 10.2. The van der Waals surface area contributed by atoms with Crippen molar-refractivity contribution in [3.63, 3.8) is 0 Å². The summed E-state index contributed by atoms with van der Waals surface area (Å²) in [6.45, 7) is 0. The molecule has 2 rings (SSSR count). The summed E-state index contributed by atoms with van der Waals surface area (Å²) in [6.07, 6.45) is 1.47. The molecule has 92 valence electrons. The van der Waals surface area contributed by atoms with E-state index in [9.17, 15) is 9.18 Å². The predicted octanol–water partition coefficient (Wildman–Crippen LogP) is 3.27. The molecule has 0 spiro atoms. The number of nitrogens with one attached hydrogen (secondary N) is 1. The van der Waals surface area contributed by atoms with Crippen LogP contribution in [0.15, 0.2) is 36.5 Å². The van der Waals surface area contributed by atoms with Crippen LogP contribution in [0, 0.1) is 9.39 Å². The van der Waals surface area contributed by atoms with E-state index in [0.29, 0.717) is 9.26 Å². The number of nitrogens with zero attached hydrogens (tertiary/aromatic N) is 1. The second kappa shape index (κ2) is 5.30. The number of carboxylic acid groups (broad SMARTS) is 1. The van der Waals surface area contributed by atoms with Crippen LogP contribution in [-0.2, 0) is 0 Å². The van der Waals surface area contributed by atoms with E-state index in [1.807, 2.05) is 22.6 Å². The van der Waals surface area contributed by atoms with Gasteiger partial charge in [-0.15, -0.1) is 0 Å². The van der Waals surface area contributed by atoms with Gasteiger partial charge < -0.3 is 10.4 Å². The van der Waals surface area contributed by atoms with E-state index in [0.717, 1.165) is 0 Å². The van der Waals surface area contributed by atoms with Gasteiger partial charge in [0.25, 0.3) is 0 Å². The van der Waals surface area contributed by atoms with Crippen molar-refractivity contribution in [1.29, 1.82) is 0 Å². The minimum atomic E-state index is -1.09. The minimum Gasteiger partial charge on any atom is -0.478 e. The smallest absolute Gasteiger partial charge is 0.339 e. The van der Waals surface area contributed by atoms with Crippen molar-refractivity contribution >= 4 is 40.1 Å². The summed E-state index contributed by atoms with van der Waals surface area (Å²) in [6, 6.07) is 7.51. The van der Waals surface area contributed by atoms with Gasteiger partial charge in [-0.2, -0.15) is 0 Å². The molecule has 0 saturated carbocycles. The molecule has 0 saturated heterocycles. The highest BCUT2D eigenvalue weighted by Gasteiger charge is 2.12. The molecule has 0 atom stereocenters. The third-order valence-corrected chi connectivity index (χ3v) is 3.34. The van der Waals surface area contributed by atoms with Crippen molar-refractivity contribution in [2.75, 3.05) is 5.32 Å². The fourth-order valence-corrected chi connectivity index (χ4v) is 1.90. The monoisotopic (exact) mass is 358 g/mol. The van der Waals surface area contributed by atoms with Crippen molar-refractivity contribution < 1.29 is 14.3 Å². The van der Waals surface area contributed by atoms with Gasteiger partial charge in [-0.1, -0.05) is 6.07 Å². The topological polar surface area (TPSA) is 62.2 Å². The number of aromatic nitrogens is 1. The lowest BCUT2D eigenvalue weighted by Crippen LogP contribution is -2.05. The predicted molar refractivity (Wildman–Crippen MR) is 73.6 cm³/mol. The Kier molecular flexibility index (Phi) is 3.75. The van der Waals surface area contributed by atoms with Gasteiger partial charge in [0.2, 0.25) is 0 Å². The summed E-state index contributed by atoms with van der Waals surface area (Å²) in [4.78, 5) is 15.0. The van der Waals surface area contributed by atoms with Crippen molar-refractivity contribution in [3.8, 4) is 0 Å². The molecule has 0 radical (unpaired) electrons. The quantitative estimate of drug-likeness (QED) is 0.827. The van der Waals surface area contributed by atoms with E-state index in [-0.39, 0.29) is 17.2 Å². The van der Waals surface area contributed by atoms with Crippen molar-refractivity contribution in [1.82, 2.24) is 4.98 Å². The Morgan fingerprint density at radius 1 is 1.33 bits per heavy atom. The molecule has 4 nitrogen and oxygen atoms in total. The Bertz CT molecular complexity index is 604. The average Bonchev–Trinajstić information content (AvgIpc) is 2.35. The summed E-state index contributed by atoms with van der Waals surface area (Å²) in [7, 11) is 0. The first-order valence-corrected chi connectivity index (χ1v) is 6.07. The summed E-state index contributed by atoms with van der Waals surface area (Å²) in [5.74, 6) is -1.26. The molecule has 0 aliphatic heterocycles. The molecular weight excluding hydrogens is 350 g/mol. The van der Waals surface area contributed by atoms with Crippen molar-refractivity contribution in [3.05, 3.63) is 51.5 Å². The Labute approximate surface area is 116 Å². The fourth-order valence-electron chi connectivity index (χ4n) is 1.41. The number of hydrogen-bond acceptors (Lipinski definition) is 3. The van der Waals surface area contributed by atoms with E-state index in [1.54, 1.807) is 12.1 Å². The van der Waals surface area contributed by atoms with Crippen LogP contribution in [0.25, 0.3) is 0 Å². The number of carbonyl (C=O) groups is 1. The van der Waals surface area contributed by atoms with Gasteiger partial charge in [-0.05, 0) is 46.9 Å². The highest BCUT2D eigenvalue weighted by Crippen LogP contribution is 2.25. The second-order valence-electron chi connectivity index (χ2n) is 3.43. The van der Waals surface area contributed by atoms with Gasteiger partial charge in [0.15, 0.2) is 0 Å². The number of hydrogen-bond donors (Lipinski definition) is 2. The Balaban J connectivity index is 2.40. The third-order valence-electron chi connectivity index (χ3n) is 2.24. The van der Waals surface area contributed by atoms with Crippen molar-refractivity contribution in [2.45, 2.75) is 0 Å². The molecule has 1 aromatic heterocycles. The largest absolute Gasteiger partial charge is 0.478 e. The van der Waals surface area contributed by atoms with Gasteiger partial charge >= 0.3 is 5.97 Å². The van der Waals surface area contributed by atoms with Gasteiger partial charge in [0.1, 0.15) is 17.2 Å². The summed E-state index contributed by atoms with van der Waals surface area (Å²) >= 11 is 1.85. The summed E-state index contributed by atoms with van der Waals surface area (Å²) < 4.78 is 13.7. The Morgan fingerprint density at radius 3 is 2.83 bits per heavy atom. The van der Waals surface area contributed by atoms with Crippen LogP contribution in [0.2, 0.25) is 0 Å². The van der Waals surface area contributed by atoms with Crippen LogP contribution in [0.1, 0.15) is 10.4 Å². The third kappa shape index (κ3) is 2.58. The maximum Gasteiger partial charge on any atom is 0.339 e. The number of pyridine rings is 1. The molecule has 0 unspecified atom stereocenters. The van der Waals surface area contributed by atoms with Crippen LogP contribution in [0.4, 0.5) is 15.9 Å². The zero-order chi connectivity index (χ0) is 13.1. The van der Waals surface area contributed by atoms with E-state index < -0.39 is 5.97 Å². The first-order chi connectivity index (χ1) is 8.59. The summed E-state index contributed by atoms with van der Waals surface area (Å²) in [5, 5.41) is 11.8. The fraction of sp³-hybridized carbons (Fsp3) is 0. The first kappa shape index (κ1) is 12.7. The number of halogens is 2. The van der Waals surface area contributed by atoms with Crippen LogP contribution in [-0.4, -0.2) is 16.1 Å². The van der Waals surface area contributed by atoms with Crippen LogP contribution in [0.3, 0.4) is 0 Å². The van der Waals surface area contributed by atoms with E-state index in [2.05, 4.69) is 10.3 Å². The highest BCUT2D eigenvalue weighted by atomic mass is 127. The van der Waals surface area contributed by atoms with Gasteiger partial charge in [0, 0.05) is 6.20 Å². The first-order valence-electron chi connectivity index (χ1n) is 4.99. The summed E-state index contributed by atoms with van der Waals surface area (Å²) in [5.41, 5.74) is 0.523. The zero-order valence-corrected chi connectivity index (χ0v) is 11.2. The molecule has 0 aliphatic rings.